The standard InChI is InChI=1S/C23H17Cl2NO2/c1-15-7-8-26-17(9-15)10-19(22(26)13-27)18-11-21(25)23(12-20(18)24)28-14-16-5-3-2-4-6-16/h2-13H,14H2,1H3. The molecule has 0 aliphatic rings. The molecule has 0 amide bonds. The Morgan fingerprint density at radius 3 is 2.50 bits per heavy atom. The molecule has 2 aromatic heterocycles. The summed E-state index contributed by atoms with van der Waals surface area (Å²) in [4.78, 5) is 11.8. The Kier molecular flexibility index (Phi) is 5.12. The van der Waals surface area contributed by atoms with Crippen molar-refractivity contribution in [3.05, 3.63) is 93.7 Å². The lowest BCUT2D eigenvalue weighted by Gasteiger charge is -2.11. The zero-order valence-electron chi connectivity index (χ0n) is 15.2. The topological polar surface area (TPSA) is 30.7 Å². The highest BCUT2D eigenvalue weighted by atomic mass is 35.5. The minimum Gasteiger partial charge on any atom is -0.487 e. The average Bonchev–Trinajstić information content (AvgIpc) is 3.06. The second-order valence-corrected chi connectivity index (χ2v) is 7.41. The van der Waals surface area contributed by atoms with Crippen LogP contribution >= 0.6 is 23.2 Å². The molecule has 4 rings (SSSR count). The lowest BCUT2D eigenvalue weighted by molar-refractivity contribution is 0.111. The third kappa shape index (κ3) is 3.51. The van der Waals surface area contributed by atoms with E-state index < -0.39 is 0 Å². The Bertz CT molecular complexity index is 1170. The highest BCUT2D eigenvalue weighted by Crippen LogP contribution is 2.39. The van der Waals surface area contributed by atoms with Gasteiger partial charge >= 0.3 is 0 Å². The van der Waals surface area contributed by atoms with Crippen LogP contribution in [-0.4, -0.2) is 10.7 Å². The van der Waals surface area contributed by atoms with E-state index in [-0.39, 0.29) is 0 Å². The number of aromatic nitrogens is 1. The lowest BCUT2D eigenvalue weighted by atomic mass is 10.1. The summed E-state index contributed by atoms with van der Waals surface area (Å²) in [6.45, 7) is 2.40. The fraction of sp³-hybridized carbons (Fsp3) is 0.0870. The van der Waals surface area contributed by atoms with Crippen LogP contribution in [0.4, 0.5) is 0 Å². The summed E-state index contributed by atoms with van der Waals surface area (Å²) in [5.74, 6) is 0.506. The number of hydrogen-bond donors (Lipinski definition) is 0. The van der Waals surface area contributed by atoms with Crippen LogP contribution in [0.5, 0.6) is 5.75 Å². The second-order valence-electron chi connectivity index (χ2n) is 6.60. The molecular formula is C23H17Cl2NO2. The van der Waals surface area contributed by atoms with Crippen LogP contribution < -0.4 is 4.74 Å². The van der Waals surface area contributed by atoms with Gasteiger partial charge in [0.05, 0.1) is 15.7 Å². The number of carbonyl (C=O) groups excluding carboxylic acids is 1. The van der Waals surface area contributed by atoms with Crippen molar-refractivity contribution in [1.82, 2.24) is 4.40 Å². The fourth-order valence-electron chi connectivity index (χ4n) is 3.23. The first-order valence-electron chi connectivity index (χ1n) is 8.80. The van der Waals surface area contributed by atoms with Crippen LogP contribution in [0.3, 0.4) is 0 Å². The normalized spacial score (nSPS) is 11.0. The molecule has 0 atom stereocenters. The number of fused-ring (bicyclic) bond motifs is 1. The zero-order valence-corrected chi connectivity index (χ0v) is 16.7. The molecule has 0 radical (unpaired) electrons. The molecule has 0 aliphatic heterocycles. The maximum absolute atomic E-state index is 11.8. The molecule has 140 valence electrons. The van der Waals surface area contributed by atoms with Gasteiger partial charge in [-0.05, 0) is 42.3 Å². The first-order chi connectivity index (χ1) is 13.6. The van der Waals surface area contributed by atoms with Crippen LogP contribution in [-0.2, 0) is 6.61 Å². The van der Waals surface area contributed by atoms with E-state index in [4.69, 9.17) is 27.9 Å². The molecule has 0 unspecified atom stereocenters. The Morgan fingerprint density at radius 1 is 0.964 bits per heavy atom. The number of hydrogen-bond acceptors (Lipinski definition) is 2. The third-order valence-corrected chi connectivity index (χ3v) is 5.24. The predicted molar refractivity (Wildman–Crippen MR) is 114 cm³/mol. The summed E-state index contributed by atoms with van der Waals surface area (Å²) in [6, 6.07) is 19.2. The van der Waals surface area contributed by atoms with Gasteiger partial charge in [-0.2, -0.15) is 0 Å². The van der Waals surface area contributed by atoms with E-state index >= 15 is 0 Å². The van der Waals surface area contributed by atoms with E-state index in [2.05, 4.69) is 0 Å². The van der Waals surface area contributed by atoms with E-state index in [0.29, 0.717) is 33.7 Å². The van der Waals surface area contributed by atoms with Crippen LogP contribution in [0, 0.1) is 6.92 Å². The molecule has 3 nitrogen and oxygen atoms in total. The predicted octanol–water partition coefficient (Wildman–Crippen LogP) is 6.61. The summed E-state index contributed by atoms with van der Waals surface area (Å²) in [5.41, 5.74) is 5.04. The van der Waals surface area contributed by atoms with Gasteiger partial charge in [0.1, 0.15) is 12.4 Å². The number of pyridine rings is 1. The number of ether oxygens (including phenoxy) is 1. The van der Waals surface area contributed by atoms with E-state index in [0.717, 1.165) is 28.5 Å². The molecule has 0 bridgehead atoms. The van der Waals surface area contributed by atoms with Crippen molar-refractivity contribution in [3.63, 3.8) is 0 Å². The SMILES string of the molecule is Cc1ccn2c(C=O)c(-c3cc(Cl)c(OCc4ccccc4)cc3Cl)cc2c1. The average molecular weight is 410 g/mol. The van der Waals surface area contributed by atoms with Crippen molar-refractivity contribution >= 4 is 35.0 Å². The van der Waals surface area contributed by atoms with E-state index in [1.165, 1.54) is 0 Å². The van der Waals surface area contributed by atoms with Crippen molar-refractivity contribution in [2.45, 2.75) is 13.5 Å². The minimum absolute atomic E-state index is 0.394. The van der Waals surface area contributed by atoms with Crippen LogP contribution in [0.2, 0.25) is 10.0 Å². The molecule has 28 heavy (non-hydrogen) atoms. The fourth-order valence-corrected chi connectivity index (χ4v) is 3.70. The highest BCUT2D eigenvalue weighted by molar-refractivity contribution is 6.36. The maximum atomic E-state index is 11.8. The first-order valence-corrected chi connectivity index (χ1v) is 9.55. The Labute approximate surface area is 173 Å². The molecule has 0 N–H and O–H groups in total. The van der Waals surface area contributed by atoms with Gasteiger partial charge in [0, 0.05) is 28.9 Å². The highest BCUT2D eigenvalue weighted by Gasteiger charge is 2.17. The molecule has 2 aromatic carbocycles. The first kappa shape index (κ1) is 18.6. The number of aldehydes is 1. The Balaban J connectivity index is 1.72. The summed E-state index contributed by atoms with van der Waals surface area (Å²) < 4.78 is 7.68. The maximum Gasteiger partial charge on any atom is 0.167 e. The molecule has 0 aliphatic carbocycles. The van der Waals surface area contributed by atoms with E-state index in [1.54, 1.807) is 12.1 Å². The van der Waals surface area contributed by atoms with Gasteiger partial charge in [-0.25, -0.2) is 0 Å². The third-order valence-electron chi connectivity index (χ3n) is 4.63. The number of aryl methyl sites for hydroxylation is 1. The Morgan fingerprint density at radius 2 is 1.75 bits per heavy atom. The summed E-state index contributed by atoms with van der Waals surface area (Å²) in [7, 11) is 0. The van der Waals surface area contributed by atoms with Crippen molar-refractivity contribution in [1.29, 1.82) is 0 Å². The van der Waals surface area contributed by atoms with E-state index in [1.807, 2.05) is 66.1 Å². The van der Waals surface area contributed by atoms with Crippen LogP contribution in [0.25, 0.3) is 16.6 Å². The quantitative estimate of drug-likeness (QED) is 0.347. The zero-order chi connectivity index (χ0) is 19.7. The van der Waals surface area contributed by atoms with Crippen molar-refractivity contribution < 1.29 is 9.53 Å². The minimum atomic E-state index is 0.394. The number of halogens is 2. The molecule has 2 heterocycles. The van der Waals surface area contributed by atoms with Crippen molar-refractivity contribution in [2.75, 3.05) is 0 Å². The molecule has 0 saturated carbocycles. The van der Waals surface area contributed by atoms with Gasteiger partial charge < -0.3 is 9.14 Å². The summed E-state index contributed by atoms with van der Waals surface area (Å²) >= 11 is 13.0. The van der Waals surface area contributed by atoms with Gasteiger partial charge in [-0.15, -0.1) is 0 Å². The van der Waals surface area contributed by atoms with Crippen molar-refractivity contribution in [2.24, 2.45) is 0 Å². The molecule has 5 heteroatoms. The van der Waals surface area contributed by atoms with Gasteiger partial charge in [-0.1, -0.05) is 53.5 Å². The van der Waals surface area contributed by atoms with Crippen molar-refractivity contribution in [3.8, 4) is 16.9 Å². The summed E-state index contributed by atoms with van der Waals surface area (Å²) in [5, 5.41) is 0.918. The summed E-state index contributed by atoms with van der Waals surface area (Å²) in [6.07, 6.45) is 2.71. The molecular weight excluding hydrogens is 393 g/mol. The second kappa shape index (κ2) is 7.70. The molecule has 4 aromatic rings. The number of carbonyl (C=O) groups is 1. The lowest BCUT2D eigenvalue weighted by Crippen LogP contribution is -1.97. The molecule has 0 saturated heterocycles. The van der Waals surface area contributed by atoms with Gasteiger partial charge in [0.2, 0.25) is 0 Å². The monoisotopic (exact) mass is 409 g/mol. The van der Waals surface area contributed by atoms with Gasteiger partial charge in [0.25, 0.3) is 0 Å². The number of rotatable bonds is 5. The Hall–Kier alpha value is -2.75. The number of benzene rings is 2. The van der Waals surface area contributed by atoms with Crippen LogP contribution in [0.1, 0.15) is 21.6 Å². The van der Waals surface area contributed by atoms with Gasteiger partial charge in [-0.3, -0.25) is 4.79 Å². The smallest absolute Gasteiger partial charge is 0.167 e. The van der Waals surface area contributed by atoms with Gasteiger partial charge in [0.15, 0.2) is 6.29 Å². The largest absolute Gasteiger partial charge is 0.487 e. The van der Waals surface area contributed by atoms with Crippen LogP contribution in [0.15, 0.2) is 66.9 Å². The number of nitrogens with zero attached hydrogens (tertiary/aromatic N) is 1. The van der Waals surface area contributed by atoms with E-state index in [9.17, 15) is 4.79 Å². The molecule has 0 spiro atoms. The molecule has 0 fully saturated rings.